The second kappa shape index (κ2) is 7.93. The Morgan fingerprint density at radius 1 is 1.13 bits per heavy atom. The zero-order valence-corrected chi connectivity index (χ0v) is 12.5. The van der Waals surface area contributed by atoms with Gasteiger partial charge >= 0.3 is 5.97 Å². The van der Waals surface area contributed by atoms with Crippen molar-refractivity contribution in [3.63, 3.8) is 0 Å². The molecule has 0 aliphatic heterocycles. The third-order valence-corrected chi connectivity index (χ3v) is 2.84. The predicted octanol–water partition coefficient (Wildman–Crippen LogP) is 3.02. The Morgan fingerprint density at radius 2 is 1.87 bits per heavy atom. The molecule has 0 saturated carbocycles. The third kappa shape index (κ3) is 5.10. The number of rotatable bonds is 6. The molecule has 5 nitrogen and oxygen atoms in total. The van der Waals surface area contributed by atoms with E-state index < -0.39 is 11.9 Å². The van der Waals surface area contributed by atoms with E-state index in [-0.39, 0.29) is 19.0 Å². The molecule has 0 bridgehead atoms. The number of benzene rings is 2. The van der Waals surface area contributed by atoms with Gasteiger partial charge in [-0.15, -0.1) is 0 Å². The third-order valence-electron chi connectivity index (χ3n) is 2.84. The predicted molar refractivity (Wildman–Crippen MR) is 82.9 cm³/mol. The van der Waals surface area contributed by atoms with E-state index in [2.05, 4.69) is 5.32 Å². The van der Waals surface area contributed by atoms with E-state index in [4.69, 9.17) is 9.47 Å². The first-order chi connectivity index (χ1) is 11.1. The number of hydrogen-bond acceptors (Lipinski definition) is 4. The van der Waals surface area contributed by atoms with Gasteiger partial charge in [-0.1, -0.05) is 6.07 Å². The highest BCUT2D eigenvalue weighted by Crippen LogP contribution is 2.13. The first kappa shape index (κ1) is 16.5. The number of esters is 1. The maximum Gasteiger partial charge on any atom is 0.338 e. The molecule has 0 spiro atoms. The molecule has 0 heterocycles. The molecule has 0 aromatic heterocycles. The molecule has 2 aromatic carbocycles. The fourth-order valence-electron chi connectivity index (χ4n) is 1.82. The number of carbonyl (C=O) groups is 2. The zero-order valence-electron chi connectivity index (χ0n) is 12.5. The molecule has 120 valence electrons. The molecule has 0 unspecified atom stereocenters. The molecule has 23 heavy (non-hydrogen) atoms. The molecule has 1 N–H and O–H groups in total. The van der Waals surface area contributed by atoms with E-state index in [0.717, 1.165) is 0 Å². The van der Waals surface area contributed by atoms with Crippen LogP contribution < -0.4 is 10.1 Å². The first-order valence-electron chi connectivity index (χ1n) is 7.04. The van der Waals surface area contributed by atoms with E-state index in [1.807, 2.05) is 0 Å². The van der Waals surface area contributed by atoms with Crippen LogP contribution in [0.25, 0.3) is 0 Å². The van der Waals surface area contributed by atoms with Gasteiger partial charge in [-0.25, -0.2) is 9.18 Å². The second-order valence-electron chi connectivity index (χ2n) is 4.59. The highest BCUT2D eigenvalue weighted by Gasteiger charge is 2.09. The van der Waals surface area contributed by atoms with Crippen molar-refractivity contribution < 1.29 is 23.5 Å². The van der Waals surface area contributed by atoms with E-state index in [1.54, 1.807) is 25.1 Å². The van der Waals surface area contributed by atoms with Gasteiger partial charge in [0.2, 0.25) is 0 Å². The highest BCUT2D eigenvalue weighted by atomic mass is 19.1. The lowest BCUT2D eigenvalue weighted by Gasteiger charge is -2.08. The van der Waals surface area contributed by atoms with E-state index in [0.29, 0.717) is 17.0 Å². The van der Waals surface area contributed by atoms with Crippen molar-refractivity contribution in [3.8, 4) is 5.75 Å². The minimum Gasteiger partial charge on any atom is -0.484 e. The van der Waals surface area contributed by atoms with Crippen molar-refractivity contribution in [1.82, 2.24) is 0 Å². The smallest absolute Gasteiger partial charge is 0.338 e. The Morgan fingerprint density at radius 3 is 2.57 bits per heavy atom. The van der Waals surface area contributed by atoms with Crippen molar-refractivity contribution in [1.29, 1.82) is 0 Å². The van der Waals surface area contributed by atoms with Gasteiger partial charge in [0, 0.05) is 5.69 Å². The lowest BCUT2D eigenvalue weighted by atomic mass is 10.2. The second-order valence-corrected chi connectivity index (χ2v) is 4.59. The molecule has 0 saturated heterocycles. The van der Waals surface area contributed by atoms with Crippen molar-refractivity contribution in [2.45, 2.75) is 6.92 Å². The van der Waals surface area contributed by atoms with Crippen molar-refractivity contribution in [2.24, 2.45) is 0 Å². The van der Waals surface area contributed by atoms with Gasteiger partial charge in [0.15, 0.2) is 6.61 Å². The SMILES string of the molecule is CCOC(=O)c1cccc(NC(=O)COc2ccc(F)cc2)c1. The average Bonchev–Trinajstić information content (AvgIpc) is 2.55. The van der Waals surface area contributed by atoms with Gasteiger partial charge in [-0.05, 0) is 49.4 Å². The van der Waals surface area contributed by atoms with Crippen LogP contribution in [0.5, 0.6) is 5.75 Å². The van der Waals surface area contributed by atoms with Crippen LogP contribution >= 0.6 is 0 Å². The van der Waals surface area contributed by atoms with Gasteiger partial charge in [0.25, 0.3) is 5.91 Å². The lowest BCUT2D eigenvalue weighted by molar-refractivity contribution is -0.118. The molecule has 6 heteroatoms. The number of ether oxygens (including phenoxy) is 2. The molecule has 0 aliphatic rings. The summed E-state index contributed by atoms with van der Waals surface area (Å²) in [5.41, 5.74) is 0.812. The largest absolute Gasteiger partial charge is 0.484 e. The standard InChI is InChI=1S/C17H16FNO4/c1-2-22-17(21)12-4-3-5-14(10-12)19-16(20)11-23-15-8-6-13(18)7-9-15/h3-10H,2,11H2,1H3,(H,19,20). The summed E-state index contributed by atoms with van der Waals surface area (Å²) in [7, 11) is 0. The average molecular weight is 317 g/mol. The minimum absolute atomic E-state index is 0.227. The molecular weight excluding hydrogens is 301 g/mol. The maximum absolute atomic E-state index is 12.8. The van der Waals surface area contributed by atoms with Crippen molar-refractivity contribution in [3.05, 3.63) is 59.9 Å². The number of halogens is 1. The summed E-state index contributed by atoms with van der Waals surface area (Å²) in [6.45, 7) is 1.77. The lowest BCUT2D eigenvalue weighted by Crippen LogP contribution is -2.20. The highest BCUT2D eigenvalue weighted by molar-refractivity contribution is 5.95. The zero-order chi connectivity index (χ0) is 16.7. The quantitative estimate of drug-likeness (QED) is 0.832. The minimum atomic E-state index is -0.453. The van der Waals surface area contributed by atoms with Crippen LogP contribution in [-0.2, 0) is 9.53 Å². The number of amides is 1. The van der Waals surface area contributed by atoms with E-state index >= 15 is 0 Å². The Bertz CT molecular complexity index is 685. The normalized spacial score (nSPS) is 10.0. The van der Waals surface area contributed by atoms with Gasteiger partial charge < -0.3 is 14.8 Å². The van der Waals surface area contributed by atoms with Crippen LogP contribution in [0.3, 0.4) is 0 Å². The van der Waals surface area contributed by atoms with Gasteiger partial charge in [-0.3, -0.25) is 4.79 Å². The van der Waals surface area contributed by atoms with Crippen LogP contribution in [0.15, 0.2) is 48.5 Å². The molecule has 2 aromatic rings. The summed E-state index contributed by atoms with van der Waals surface area (Å²) in [4.78, 5) is 23.5. The molecule has 1 amide bonds. The van der Waals surface area contributed by atoms with Gasteiger partial charge in [0.05, 0.1) is 12.2 Å². The summed E-state index contributed by atoms with van der Waals surface area (Å²) in [5, 5.41) is 2.62. The summed E-state index contributed by atoms with van der Waals surface area (Å²) < 4.78 is 22.9. The molecule has 0 aliphatic carbocycles. The molecule has 2 rings (SSSR count). The fourth-order valence-corrected chi connectivity index (χ4v) is 1.82. The number of carbonyl (C=O) groups excluding carboxylic acids is 2. The van der Waals surface area contributed by atoms with Crippen LogP contribution in [-0.4, -0.2) is 25.1 Å². The number of anilines is 1. The Hall–Kier alpha value is -2.89. The summed E-state index contributed by atoms with van der Waals surface area (Å²) in [6.07, 6.45) is 0. The molecule has 0 radical (unpaired) electrons. The summed E-state index contributed by atoms with van der Waals surface area (Å²) >= 11 is 0. The summed E-state index contributed by atoms with van der Waals surface area (Å²) in [5.74, 6) is -0.832. The van der Waals surface area contributed by atoms with Crippen molar-refractivity contribution >= 4 is 17.6 Å². The van der Waals surface area contributed by atoms with Gasteiger partial charge in [-0.2, -0.15) is 0 Å². The topological polar surface area (TPSA) is 64.6 Å². The van der Waals surface area contributed by atoms with E-state index in [1.165, 1.54) is 30.3 Å². The maximum atomic E-state index is 12.8. The molecule has 0 fully saturated rings. The monoisotopic (exact) mass is 317 g/mol. The Balaban J connectivity index is 1.91. The van der Waals surface area contributed by atoms with Crippen LogP contribution in [0.1, 0.15) is 17.3 Å². The van der Waals surface area contributed by atoms with E-state index in [9.17, 15) is 14.0 Å². The molecule has 0 atom stereocenters. The Labute approximate surface area is 133 Å². The molecular formula is C17H16FNO4. The Kier molecular flexibility index (Phi) is 5.68. The first-order valence-corrected chi connectivity index (χ1v) is 7.04. The van der Waals surface area contributed by atoms with Crippen LogP contribution in [0, 0.1) is 5.82 Å². The number of hydrogen-bond donors (Lipinski definition) is 1. The van der Waals surface area contributed by atoms with Crippen LogP contribution in [0.2, 0.25) is 0 Å². The number of nitrogens with one attached hydrogen (secondary N) is 1. The van der Waals surface area contributed by atoms with Crippen LogP contribution in [0.4, 0.5) is 10.1 Å². The summed E-state index contributed by atoms with van der Waals surface area (Å²) in [6, 6.07) is 11.8. The van der Waals surface area contributed by atoms with Gasteiger partial charge in [0.1, 0.15) is 11.6 Å². The van der Waals surface area contributed by atoms with Crippen molar-refractivity contribution in [2.75, 3.05) is 18.5 Å². The fraction of sp³-hybridized carbons (Fsp3) is 0.176.